The predicted octanol–water partition coefficient (Wildman–Crippen LogP) is 3.11. The SMILES string of the molecule is Brc1cnc(CNCC2CC2)c(Br)c1. The van der Waals surface area contributed by atoms with E-state index in [-0.39, 0.29) is 0 Å². The highest BCUT2D eigenvalue weighted by molar-refractivity contribution is 9.11. The summed E-state index contributed by atoms with van der Waals surface area (Å²) in [5.74, 6) is 0.921. The summed E-state index contributed by atoms with van der Waals surface area (Å²) in [6.45, 7) is 1.98. The van der Waals surface area contributed by atoms with Crippen LogP contribution in [0.1, 0.15) is 18.5 Å². The summed E-state index contributed by atoms with van der Waals surface area (Å²) >= 11 is 6.88. The molecule has 2 nitrogen and oxygen atoms in total. The van der Waals surface area contributed by atoms with Gasteiger partial charge in [0.1, 0.15) is 0 Å². The van der Waals surface area contributed by atoms with Crippen LogP contribution in [0.5, 0.6) is 0 Å². The van der Waals surface area contributed by atoms with Gasteiger partial charge in [-0.25, -0.2) is 0 Å². The molecule has 1 aliphatic carbocycles. The quantitative estimate of drug-likeness (QED) is 0.922. The number of hydrogen-bond acceptors (Lipinski definition) is 2. The number of halogens is 2. The smallest absolute Gasteiger partial charge is 0.0684 e. The van der Waals surface area contributed by atoms with Gasteiger partial charge in [0.2, 0.25) is 0 Å². The highest BCUT2D eigenvalue weighted by atomic mass is 79.9. The van der Waals surface area contributed by atoms with Crippen molar-refractivity contribution in [3.63, 3.8) is 0 Å². The van der Waals surface area contributed by atoms with Crippen LogP contribution >= 0.6 is 31.9 Å². The van der Waals surface area contributed by atoms with Crippen molar-refractivity contribution < 1.29 is 0 Å². The molecule has 1 N–H and O–H groups in total. The minimum atomic E-state index is 0.852. The monoisotopic (exact) mass is 318 g/mol. The Morgan fingerprint density at radius 3 is 2.86 bits per heavy atom. The average Bonchev–Trinajstić information content (AvgIpc) is 2.92. The van der Waals surface area contributed by atoms with Crippen molar-refractivity contribution >= 4 is 31.9 Å². The third-order valence-corrected chi connectivity index (χ3v) is 3.43. The van der Waals surface area contributed by atoms with Crippen LogP contribution < -0.4 is 5.32 Å². The van der Waals surface area contributed by atoms with Crippen molar-refractivity contribution in [3.05, 3.63) is 26.9 Å². The zero-order valence-corrected chi connectivity index (χ0v) is 10.9. The molecule has 0 radical (unpaired) electrons. The fourth-order valence-electron chi connectivity index (χ4n) is 1.29. The first-order valence-corrected chi connectivity index (χ1v) is 6.35. The van der Waals surface area contributed by atoms with Gasteiger partial charge in [-0.05, 0) is 63.2 Å². The molecular formula is C10H12Br2N2. The Bertz CT molecular complexity index is 324. The van der Waals surface area contributed by atoms with E-state index in [0.29, 0.717) is 0 Å². The number of pyridine rings is 1. The maximum absolute atomic E-state index is 4.34. The molecule has 1 heterocycles. The number of hydrogen-bond donors (Lipinski definition) is 1. The van der Waals surface area contributed by atoms with Gasteiger partial charge in [-0.1, -0.05) is 0 Å². The van der Waals surface area contributed by atoms with Crippen LogP contribution in [0.3, 0.4) is 0 Å². The molecule has 14 heavy (non-hydrogen) atoms. The first-order chi connectivity index (χ1) is 6.75. The van der Waals surface area contributed by atoms with Gasteiger partial charge >= 0.3 is 0 Å². The van der Waals surface area contributed by atoms with Crippen molar-refractivity contribution in [2.45, 2.75) is 19.4 Å². The molecule has 4 heteroatoms. The lowest BCUT2D eigenvalue weighted by molar-refractivity contribution is 0.628. The molecule has 0 atom stereocenters. The second-order valence-electron chi connectivity index (χ2n) is 3.66. The molecule has 1 fully saturated rings. The largest absolute Gasteiger partial charge is 0.311 e. The van der Waals surface area contributed by atoms with Gasteiger partial charge in [0.25, 0.3) is 0 Å². The lowest BCUT2D eigenvalue weighted by atomic mass is 10.3. The van der Waals surface area contributed by atoms with Crippen LogP contribution in [0, 0.1) is 5.92 Å². The van der Waals surface area contributed by atoms with E-state index in [9.17, 15) is 0 Å². The molecule has 1 saturated carbocycles. The molecule has 76 valence electrons. The second kappa shape index (κ2) is 4.73. The number of aromatic nitrogens is 1. The van der Waals surface area contributed by atoms with Crippen molar-refractivity contribution in [2.24, 2.45) is 5.92 Å². The predicted molar refractivity (Wildman–Crippen MR) is 64.1 cm³/mol. The summed E-state index contributed by atoms with van der Waals surface area (Å²) in [6.07, 6.45) is 4.61. The van der Waals surface area contributed by atoms with Crippen molar-refractivity contribution in [3.8, 4) is 0 Å². The summed E-state index contributed by atoms with van der Waals surface area (Å²) in [5, 5.41) is 3.42. The topological polar surface area (TPSA) is 24.9 Å². The van der Waals surface area contributed by atoms with Gasteiger partial charge in [-0.3, -0.25) is 4.98 Å². The van der Waals surface area contributed by atoms with Crippen molar-refractivity contribution in [1.82, 2.24) is 10.3 Å². The van der Waals surface area contributed by atoms with E-state index in [4.69, 9.17) is 0 Å². The Kier molecular flexibility index (Phi) is 3.57. The highest BCUT2D eigenvalue weighted by Crippen LogP contribution is 2.27. The number of nitrogens with zero attached hydrogens (tertiary/aromatic N) is 1. The van der Waals surface area contributed by atoms with E-state index in [1.54, 1.807) is 0 Å². The van der Waals surface area contributed by atoms with Crippen LogP contribution in [0.15, 0.2) is 21.2 Å². The van der Waals surface area contributed by atoms with Crippen molar-refractivity contribution in [2.75, 3.05) is 6.54 Å². The van der Waals surface area contributed by atoms with E-state index < -0.39 is 0 Å². The molecule has 0 amide bonds. The first kappa shape index (κ1) is 10.6. The van der Waals surface area contributed by atoms with Gasteiger partial charge in [0.05, 0.1) is 5.69 Å². The van der Waals surface area contributed by atoms with Crippen LogP contribution in [-0.4, -0.2) is 11.5 Å². The Labute approximate surface area is 101 Å². The van der Waals surface area contributed by atoms with E-state index in [0.717, 1.165) is 33.6 Å². The molecule has 1 aromatic rings. The fraction of sp³-hybridized carbons (Fsp3) is 0.500. The van der Waals surface area contributed by atoms with Gasteiger partial charge in [0.15, 0.2) is 0 Å². The van der Waals surface area contributed by atoms with Crippen LogP contribution in [-0.2, 0) is 6.54 Å². The Morgan fingerprint density at radius 2 is 2.21 bits per heavy atom. The van der Waals surface area contributed by atoms with Crippen LogP contribution in [0.4, 0.5) is 0 Å². The molecule has 0 bridgehead atoms. The molecule has 0 aromatic carbocycles. The summed E-state index contributed by atoms with van der Waals surface area (Å²) in [6, 6.07) is 2.03. The summed E-state index contributed by atoms with van der Waals surface area (Å²) < 4.78 is 2.07. The summed E-state index contributed by atoms with van der Waals surface area (Å²) in [7, 11) is 0. The normalized spacial score (nSPS) is 15.9. The van der Waals surface area contributed by atoms with E-state index in [1.807, 2.05) is 12.3 Å². The molecule has 0 saturated heterocycles. The van der Waals surface area contributed by atoms with Gasteiger partial charge < -0.3 is 5.32 Å². The fourth-order valence-corrected chi connectivity index (χ4v) is 2.42. The van der Waals surface area contributed by atoms with Crippen LogP contribution in [0.25, 0.3) is 0 Å². The molecule has 1 aromatic heterocycles. The molecule has 1 aliphatic rings. The van der Waals surface area contributed by atoms with E-state index in [1.165, 1.54) is 12.8 Å². The van der Waals surface area contributed by atoms with E-state index in [2.05, 4.69) is 42.2 Å². The molecular weight excluding hydrogens is 308 g/mol. The van der Waals surface area contributed by atoms with Gasteiger partial charge in [-0.15, -0.1) is 0 Å². The zero-order chi connectivity index (χ0) is 9.97. The number of rotatable bonds is 4. The minimum Gasteiger partial charge on any atom is -0.311 e. The van der Waals surface area contributed by atoms with Gasteiger partial charge in [-0.2, -0.15) is 0 Å². The second-order valence-corrected chi connectivity index (χ2v) is 5.43. The standard InChI is InChI=1S/C10H12Br2N2/c11-8-3-9(12)10(14-5-8)6-13-4-7-1-2-7/h3,5,7,13H,1-2,4,6H2. The molecule has 2 rings (SSSR count). The Morgan fingerprint density at radius 1 is 1.43 bits per heavy atom. The first-order valence-electron chi connectivity index (χ1n) is 4.76. The zero-order valence-electron chi connectivity index (χ0n) is 7.76. The Hall–Kier alpha value is 0.0700. The molecule has 0 aliphatic heterocycles. The minimum absolute atomic E-state index is 0.852. The maximum Gasteiger partial charge on any atom is 0.0684 e. The number of nitrogens with one attached hydrogen (secondary N) is 1. The Balaban J connectivity index is 1.87. The third-order valence-electron chi connectivity index (χ3n) is 2.31. The highest BCUT2D eigenvalue weighted by Gasteiger charge is 2.20. The lowest BCUT2D eigenvalue weighted by Gasteiger charge is -2.05. The van der Waals surface area contributed by atoms with Gasteiger partial charge in [0, 0.05) is 21.7 Å². The average molecular weight is 320 g/mol. The summed E-state index contributed by atoms with van der Waals surface area (Å²) in [4.78, 5) is 4.34. The summed E-state index contributed by atoms with van der Waals surface area (Å²) in [5.41, 5.74) is 1.08. The lowest BCUT2D eigenvalue weighted by Crippen LogP contribution is -2.17. The van der Waals surface area contributed by atoms with Crippen molar-refractivity contribution in [1.29, 1.82) is 0 Å². The van der Waals surface area contributed by atoms with Crippen LogP contribution in [0.2, 0.25) is 0 Å². The van der Waals surface area contributed by atoms with E-state index >= 15 is 0 Å². The molecule has 0 spiro atoms. The third kappa shape index (κ3) is 3.04. The molecule has 0 unspecified atom stereocenters. The maximum atomic E-state index is 4.34.